The Bertz CT molecular complexity index is 1070. The zero-order chi connectivity index (χ0) is 24.4. The highest BCUT2D eigenvalue weighted by molar-refractivity contribution is 5.95. The maximum Gasteiger partial charge on any atom is 0.254 e. The van der Waals surface area contributed by atoms with E-state index in [1.165, 1.54) is 0 Å². The van der Waals surface area contributed by atoms with E-state index in [-0.39, 0.29) is 23.8 Å². The second kappa shape index (κ2) is 10.1. The van der Waals surface area contributed by atoms with Crippen LogP contribution in [-0.4, -0.2) is 68.7 Å². The number of likely N-dealkylation sites (tertiary alicyclic amines) is 2. The molecule has 3 aliphatic rings. The molecule has 2 amide bonds. The molecule has 0 radical (unpaired) electrons. The van der Waals surface area contributed by atoms with E-state index in [0.29, 0.717) is 56.2 Å². The Morgan fingerprint density at radius 2 is 1.54 bits per heavy atom. The Morgan fingerprint density at radius 3 is 2.23 bits per heavy atom. The molecule has 0 bridgehead atoms. The lowest BCUT2D eigenvalue weighted by atomic mass is 9.93. The third-order valence-corrected chi connectivity index (χ3v) is 7.22. The number of hydrogen-bond donors (Lipinski definition) is 0. The molecule has 3 heterocycles. The van der Waals surface area contributed by atoms with Gasteiger partial charge >= 0.3 is 0 Å². The van der Waals surface area contributed by atoms with E-state index in [1.54, 1.807) is 32.4 Å². The van der Waals surface area contributed by atoms with Gasteiger partial charge in [-0.25, -0.2) is 0 Å². The first-order valence-electron chi connectivity index (χ1n) is 12.3. The SMILES string of the molecule is COc1cc(OC)cc(C(=O)N2CCC(C(=O)N3CCCC3c3ccc4c(c3)OCCO4)CC2)c1. The lowest BCUT2D eigenvalue weighted by molar-refractivity contribution is -0.137. The lowest BCUT2D eigenvalue weighted by Gasteiger charge is -2.35. The van der Waals surface area contributed by atoms with Crippen molar-refractivity contribution in [2.75, 3.05) is 47.1 Å². The highest BCUT2D eigenvalue weighted by Crippen LogP contribution is 2.39. The molecular formula is C27H32N2O6. The van der Waals surface area contributed by atoms with Crippen molar-refractivity contribution < 1.29 is 28.5 Å². The largest absolute Gasteiger partial charge is 0.497 e. The monoisotopic (exact) mass is 480 g/mol. The second-order valence-corrected chi connectivity index (χ2v) is 9.26. The predicted molar refractivity (Wildman–Crippen MR) is 129 cm³/mol. The maximum absolute atomic E-state index is 13.5. The first kappa shape index (κ1) is 23.3. The number of nitrogens with zero attached hydrogens (tertiary/aromatic N) is 2. The van der Waals surface area contributed by atoms with E-state index in [1.807, 2.05) is 28.0 Å². The van der Waals surface area contributed by atoms with Gasteiger partial charge < -0.3 is 28.7 Å². The van der Waals surface area contributed by atoms with Gasteiger partial charge in [-0.1, -0.05) is 6.07 Å². The molecule has 8 nitrogen and oxygen atoms in total. The van der Waals surface area contributed by atoms with E-state index in [9.17, 15) is 9.59 Å². The summed E-state index contributed by atoms with van der Waals surface area (Å²) in [5.74, 6) is 2.74. The molecule has 0 N–H and O–H groups in total. The number of rotatable bonds is 5. The van der Waals surface area contributed by atoms with Gasteiger partial charge in [0.25, 0.3) is 5.91 Å². The van der Waals surface area contributed by atoms with Gasteiger partial charge in [-0.3, -0.25) is 9.59 Å². The maximum atomic E-state index is 13.5. The van der Waals surface area contributed by atoms with Crippen LogP contribution in [0.25, 0.3) is 0 Å². The molecule has 0 saturated carbocycles. The van der Waals surface area contributed by atoms with Crippen LogP contribution in [0, 0.1) is 5.92 Å². The van der Waals surface area contributed by atoms with Crippen LogP contribution in [0.15, 0.2) is 36.4 Å². The third kappa shape index (κ3) is 4.74. The van der Waals surface area contributed by atoms with Crippen molar-refractivity contribution in [2.45, 2.75) is 31.7 Å². The lowest BCUT2D eigenvalue weighted by Crippen LogP contribution is -2.44. The molecular weight excluding hydrogens is 448 g/mol. The minimum absolute atomic E-state index is 0.0576. The molecule has 1 atom stereocenters. The van der Waals surface area contributed by atoms with E-state index in [2.05, 4.69) is 0 Å². The highest BCUT2D eigenvalue weighted by Gasteiger charge is 2.36. The summed E-state index contributed by atoms with van der Waals surface area (Å²) in [5, 5.41) is 0. The highest BCUT2D eigenvalue weighted by atomic mass is 16.6. The van der Waals surface area contributed by atoms with Crippen LogP contribution in [0.4, 0.5) is 0 Å². The van der Waals surface area contributed by atoms with E-state index in [0.717, 1.165) is 36.4 Å². The van der Waals surface area contributed by atoms with Crippen molar-refractivity contribution in [3.8, 4) is 23.0 Å². The molecule has 0 spiro atoms. The zero-order valence-corrected chi connectivity index (χ0v) is 20.3. The average molecular weight is 481 g/mol. The molecule has 0 aliphatic carbocycles. The number of ether oxygens (including phenoxy) is 4. The summed E-state index contributed by atoms with van der Waals surface area (Å²) >= 11 is 0. The standard InChI is InChI=1S/C27H32N2O6/c1-32-21-14-20(15-22(17-21)33-2)26(30)28-10-7-18(8-11-28)27(31)29-9-3-4-23(29)19-5-6-24-25(16-19)35-13-12-34-24/h5-6,14-18,23H,3-4,7-13H2,1-2H3. The third-order valence-electron chi connectivity index (χ3n) is 7.22. The van der Waals surface area contributed by atoms with Gasteiger partial charge in [0.2, 0.25) is 5.91 Å². The van der Waals surface area contributed by atoms with Crippen molar-refractivity contribution in [1.29, 1.82) is 0 Å². The van der Waals surface area contributed by atoms with Crippen LogP contribution >= 0.6 is 0 Å². The Hall–Kier alpha value is -3.42. The molecule has 186 valence electrons. The van der Waals surface area contributed by atoms with Gasteiger partial charge in [0.1, 0.15) is 24.7 Å². The molecule has 2 saturated heterocycles. The summed E-state index contributed by atoms with van der Waals surface area (Å²) in [6.07, 6.45) is 3.26. The fourth-order valence-electron chi connectivity index (χ4n) is 5.32. The quantitative estimate of drug-likeness (QED) is 0.650. The summed E-state index contributed by atoms with van der Waals surface area (Å²) in [6, 6.07) is 11.3. The molecule has 1 unspecified atom stereocenters. The van der Waals surface area contributed by atoms with Gasteiger partial charge in [0.05, 0.1) is 20.3 Å². The molecule has 8 heteroatoms. The minimum atomic E-state index is -0.0725. The number of carbonyl (C=O) groups excluding carboxylic acids is 2. The van der Waals surface area contributed by atoms with Crippen molar-refractivity contribution in [2.24, 2.45) is 5.92 Å². The summed E-state index contributed by atoms with van der Waals surface area (Å²) < 4.78 is 22.0. The molecule has 2 aromatic rings. The Labute approximate surface area is 205 Å². The minimum Gasteiger partial charge on any atom is -0.497 e. The fraction of sp³-hybridized carbons (Fsp3) is 0.481. The van der Waals surface area contributed by atoms with E-state index >= 15 is 0 Å². The van der Waals surface area contributed by atoms with Crippen LogP contribution in [0.3, 0.4) is 0 Å². The number of benzene rings is 2. The normalized spacial score (nSPS) is 20.0. The number of amides is 2. The molecule has 3 aliphatic heterocycles. The average Bonchev–Trinajstić information content (AvgIpc) is 3.41. The molecule has 0 aromatic heterocycles. The summed E-state index contributed by atoms with van der Waals surface area (Å²) in [4.78, 5) is 30.5. The van der Waals surface area contributed by atoms with Crippen molar-refractivity contribution in [3.63, 3.8) is 0 Å². The molecule has 2 aromatic carbocycles. The Kier molecular flexibility index (Phi) is 6.70. The predicted octanol–water partition coefficient (Wildman–Crippen LogP) is 3.69. The van der Waals surface area contributed by atoms with Crippen LogP contribution in [0.1, 0.15) is 47.6 Å². The van der Waals surface area contributed by atoms with Crippen molar-refractivity contribution in [3.05, 3.63) is 47.5 Å². The Morgan fingerprint density at radius 1 is 0.857 bits per heavy atom. The van der Waals surface area contributed by atoms with Crippen molar-refractivity contribution >= 4 is 11.8 Å². The van der Waals surface area contributed by atoms with Crippen LogP contribution < -0.4 is 18.9 Å². The zero-order valence-electron chi connectivity index (χ0n) is 20.3. The van der Waals surface area contributed by atoms with Crippen LogP contribution in [0.5, 0.6) is 23.0 Å². The number of hydrogen-bond acceptors (Lipinski definition) is 6. The van der Waals surface area contributed by atoms with Gasteiger partial charge in [0, 0.05) is 37.2 Å². The summed E-state index contributed by atoms with van der Waals surface area (Å²) in [6.45, 7) is 2.98. The summed E-state index contributed by atoms with van der Waals surface area (Å²) in [7, 11) is 3.13. The fourth-order valence-corrected chi connectivity index (χ4v) is 5.32. The van der Waals surface area contributed by atoms with E-state index in [4.69, 9.17) is 18.9 Å². The Balaban J connectivity index is 1.23. The first-order valence-corrected chi connectivity index (χ1v) is 12.3. The summed E-state index contributed by atoms with van der Waals surface area (Å²) in [5.41, 5.74) is 1.63. The van der Waals surface area contributed by atoms with Gasteiger partial charge in [-0.15, -0.1) is 0 Å². The van der Waals surface area contributed by atoms with Crippen LogP contribution in [0.2, 0.25) is 0 Å². The first-order chi connectivity index (χ1) is 17.1. The van der Waals surface area contributed by atoms with Gasteiger partial charge in [-0.2, -0.15) is 0 Å². The number of piperidine rings is 1. The topological polar surface area (TPSA) is 77.5 Å². The molecule has 5 rings (SSSR count). The number of methoxy groups -OCH3 is 2. The van der Waals surface area contributed by atoms with Gasteiger partial charge in [-0.05, 0) is 55.5 Å². The smallest absolute Gasteiger partial charge is 0.254 e. The number of fused-ring (bicyclic) bond motifs is 1. The second-order valence-electron chi connectivity index (χ2n) is 9.26. The van der Waals surface area contributed by atoms with Crippen molar-refractivity contribution in [1.82, 2.24) is 9.80 Å². The molecule has 35 heavy (non-hydrogen) atoms. The van der Waals surface area contributed by atoms with Crippen LogP contribution in [-0.2, 0) is 4.79 Å². The van der Waals surface area contributed by atoms with Gasteiger partial charge in [0.15, 0.2) is 11.5 Å². The molecule has 2 fully saturated rings. The van der Waals surface area contributed by atoms with E-state index < -0.39 is 0 Å². The number of carbonyl (C=O) groups is 2.